The molecule has 2 heterocycles. The van der Waals surface area contributed by atoms with Crippen LogP contribution < -0.4 is 0 Å². The molecule has 1 aromatic carbocycles. The van der Waals surface area contributed by atoms with Crippen LogP contribution in [0.2, 0.25) is 0 Å². The second kappa shape index (κ2) is 6.57. The first-order chi connectivity index (χ1) is 10.7. The van der Waals surface area contributed by atoms with E-state index in [0.717, 1.165) is 36.3 Å². The van der Waals surface area contributed by atoms with Crippen molar-refractivity contribution in [2.24, 2.45) is 7.05 Å². The molecule has 1 saturated heterocycles. The summed E-state index contributed by atoms with van der Waals surface area (Å²) in [5.41, 5.74) is 3.13. The summed E-state index contributed by atoms with van der Waals surface area (Å²) in [6, 6.07) is 8.16. The lowest BCUT2D eigenvalue weighted by molar-refractivity contribution is 0.0735. The number of benzene rings is 1. The predicted octanol–water partition coefficient (Wildman–Crippen LogP) is 3.26. The molecule has 0 bridgehead atoms. The molecule has 1 amide bonds. The number of carbonyl (C=O) groups excluding carboxylic acids is 1. The zero-order valence-corrected chi connectivity index (χ0v) is 13.8. The Kier molecular flexibility index (Phi) is 4.52. The van der Waals surface area contributed by atoms with E-state index < -0.39 is 0 Å². The molecule has 1 atom stereocenters. The Bertz CT molecular complexity index is 667. The van der Waals surface area contributed by atoms with Crippen LogP contribution >= 0.6 is 11.8 Å². The van der Waals surface area contributed by atoms with E-state index in [9.17, 15) is 4.79 Å². The van der Waals surface area contributed by atoms with Crippen molar-refractivity contribution in [1.82, 2.24) is 14.7 Å². The number of thioether (sulfide) groups is 1. The van der Waals surface area contributed by atoms with Crippen molar-refractivity contribution in [2.75, 3.05) is 12.8 Å². The molecular formula is C17H21N3OS. The molecule has 5 heteroatoms. The highest BCUT2D eigenvalue weighted by Crippen LogP contribution is 2.33. The summed E-state index contributed by atoms with van der Waals surface area (Å²) in [7, 11) is 1.91. The van der Waals surface area contributed by atoms with Crippen molar-refractivity contribution in [3.63, 3.8) is 0 Å². The number of hydrogen-bond donors (Lipinski definition) is 0. The maximum atomic E-state index is 12.9. The maximum Gasteiger partial charge on any atom is 0.254 e. The number of aryl methyl sites for hydroxylation is 1. The Morgan fingerprint density at radius 3 is 3.05 bits per heavy atom. The normalized spacial score (nSPS) is 17.9. The summed E-state index contributed by atoms with van der Waals surface area (Å²) in [6.07, 6.45) is 8.03. The van der Waals surface area contributed by atoms with E-state index in [4.69, 9.17) is 0 Å². The van der Waals surface area contributed by atoms with E-state index in [0.29, 0.717) is 0 Å². The summed E-state index contributed by atoms with van der Waals surface area (Å²) < 4.78 is 1.80. The van der Waals surface area contributed by atoms with Gasteiger partial charge < -0.3 is 4.90 Å². The van der Waals surface area contributed by atoms with Crippen molar-refractivity contribution in [1.29, 1.82) is 0 Å². The first kappa shape index (κ1) is 15.2. The highest BCUT2D eigenvalue weighted by atomic mass is 32.2. The number of rotatable bonds is 4. The fourth-order valence-electron chi connectivity index (χ4n) is 3.10. The lowest BCUT2D eigenvalue weighted by atomic mass is 10.1. The highest BCUT2D eigenvalue weighted by molar-refractivity contribution is 7.97. The van der Waals surface area contributed by atoms with Crippen LogP contribution in [0.5, 0.6) is 0 Å². The molecule has 3 rings (SSSR count). The van der Waals surface area contributed by atoms with E-state index in [1.54, 1.807) is 16.4 Å². The van der Waals surface area contributed by atoms with Crippen molar-refractivity contribution >= 4 is 17.7 Å². The Labute approximate surface area is 135 Å². The molecule has 1 aliphatic rings. The molecule has 0 spiro atoms. The van der Waals surface area contributed by atoms with Crippen molar-refractivity contribution in [3.8, 4) is 0 Å². The third kappa shape index (κ3) is 3.04. The van der Waals surface area contributed by atoms with E-state index in [2.05, 4.69) is 17.4 Å². The smallest absolute Gasteiger partial charge is 0.254 e. The van der Waals surface area contributed by atoms with Gasteiger partial charge in [-0.1, -0.05) is 12.1 Å². The summed E-state index contributed by atoms with van der Waals surface area (Å²) in [5, 5.41) is 4.24. The molecule has 0 radical (unpaired) electrons. The van der Waals surface area contributed by atoms with Crippen molar-refractivity contribution < 1.29 is 4.79 Å². The van der Waals surface area contributed by atoms with Crippen molar-refractivity contribution in [3.05, 3.63) is 53.3 Å². The van der Waals surface area contributed by atoms with Gasteiger partial charge in [-0.15, -0.1) is 0 Å². The predicted molar refractivity (Wildman–Crippen MR) is 89.9 cm³/mol. The van der Waals surface area contributed by atoms with Gasteiger partial charge in [0.15, 0.2) is 0 Å². The molecule has 1 aromatic heterocycles. The molecule has 2 aromatic rings. The van der Waals surface area contributed by atoms with Crippen LogP contribution in [0.15, 0.2) is 36.7 Å². The van der Waals surface area contributed by atoms with E-state index >= 15 is 0 Å². The zero-order chi connectivity index (χ0) is 15.5. The first-order valence-electron chi connectivity index (χ1n) is 7.56. The lowest BCUT2D eigenvalue weighted by Crippen LogP contribution is -2.30. The molecule has 0 unspecified atom stereocenters. The molecule has 116 valence electrons. The Morgan fingerprint density at radius 2 is 2.32 bits per heavy atom. The number of likely N-dealkylation sites (tertiary alicyclic amines) is 1. The maximum absolute atomic E-state index is 12.9. The minimum atomic E-state index is 0.134. The third-order valence-electron chi connectivity index (χ3n) is 4.11. The summed E-state index contributed by atoms with van der Waals surface area (Å²) >= 11 is 1.77. The van der Waals surface area contributed by atoms with Gasteiger partial charge in [0, 0.05) is 36.7 Å². The number of hydrogen-bond acceptors (Lipinski definition) is 3. The first-order valence-corrected chi connectivity index (χ1v) is 8.96. The molecule has 1 aliphatic heterocycles. The molecule has 22 heavy (non-hydrogen) atoms. The Hall–Kier alpha value is -1.75. The fourth-order valence-corrected chi connectivity index (χ4v) is 3.61. The van der Waals surface area contributed by atoms with Gasteiger partial charge in [-0.05, 0) is 36.8 Å². The van der Waals surface area contributed by atoms with Crippen LogP contribution in [0.25, 0.3) is 0 Å². The topological polar surface area (TPSA) is 38.1 Å². The summed E-state index contributed by atoms with van der Waals surface area (Å²) in [6.45, 7) is 0.825. The van der Waals surface area contributed by atoms with E-state index in [1.807, 2.05) is 42.5 Å². The van der Waals surface area contributed by atoms with Gasteiger partial charge in [-0.3, -0.25) is 9.48 Å². The summed E-state index contributed by atoms with van der Waals surface area (Å²) in [4.78, 5) is 14.9. The van der Waals surface area contributed by atoms with E-state index in [-0.39, 0.29) is 11.9 Å². The number of nitrogens with zero attached hydrogens (tertiary/aromatic N) is 3. The van der Waals surface area contributed by atoms with Gasteiger partial charge in [0.05, 0.1) is 12.2 Å². The minimum absolute atomic E-state index is 0.134. The van der Waals surface area contributed by atoms with Gasteiger partial charge in [0.1, 0.15) is 0 Å². The largest absolute Gasteiger partial charge is 0.331 e. The lowest BCUT2D eigenvalue weighted by Gasteiger charge is -2.24. The van der Waals surface area contributed by atoms with Crippen LogP contribution in [0, 0.1) is 0 Å². The Balaban J connectivity index is 1.83. The van der Waals surface area contributed by atoms with Gasteiger partial charge >= 0.3 is 0 Å². The number of amides is 1. The average molecular weight is 315 g/mol. The van der Waals surface area contributed by atoms with Crippen LogP contribution in [-0.2, 0) is 12.8 Å². The number of aromatic nitrogens is 2. The highest BCUT2D eigenvalue weighted by Gasteiger charge is 2.31. The Morgan fingerprint density at radius 1 is 1.45 bits per heavy atom. The fraction of sp³-hybridized carbons (Fsp3) is 0.412. The van der Waals surface area contributed by atoms with Crippen LogP contribution in [0.1, 0.15) is 40.4 Å². The molecule has 0 N–H and O–H groups in total. The van der Waals surface area contributed by atoms with Crippen LogP contribution in [-0.4, -0.2) is 33.4 Å². The zero-order valence-electron chi connectivity index (χ0n) is 13.0. The molecule has 4 nitrogen and oxygen atoms in total. The minimum Gasteiger partial charge on any atom is -0.331 e. The van der Waals surface area contributed by atoms with Crippen LogP contribution in [0.4, 0.5) is 0 Å². The SMILES string of the molecule is CSCc1cccc(C(=O)N2CCC[C@H]2c2cnn(C)c2)c1. The monoisotopic (exact) mass is 315 g/mol. The third-order valence-corrected chi connectivity index (χ3v) is 4.73. The van der Waals surface area contributed by atoms with E-state index in [1.165, 1.54) is 5.56 Å². The quantitative estimate of drug-likeness (QED) is 0.869. The second-order valence-electron chi connectivity index (χ2n) is 5.74. The van der Waals surface area contributed by atoms with Gasteiger partial charge in [0.25, 0.3) is 5.91 Å². The van der Waals surface area contributed by atoms with Gasteiger partial charge in [-0.2, -0.15) is 16.9 Å². The standard InChI is InChI=1S/C17H21N3OS/c1-19-11-15(10-18-19)16-7-4-8-20(16)17(21)14-6-3-5-13(9-14)12-22-2/h3,5-6,9-11,16H,4,7-8,12H2,1-2H3/t16-/m0/s1. The van der Waals surface area contributed by atoms with Gasteiger partial charge in [0.2, 0.25) is 0 Å². The van der Waals surface area contributed by atoms with Crippen LogP contribution in [0.3, 0.4) is 0 Å². The molecule has 0 aliphatic carbocycles. The molecule has 1 fully saturated rings. The molecule has 0 saturated carbocycles. The molecular weight excluding hydrogens is 294 g/mol. The number of carbonyl (C=O) groups is 1. The van der Waals surface area contributed by atoms with Crippen molar-refractivity contribution in [2.45, 2.75) is 24.6 Å². The average Bonchev–Trinajstić information content (AvgIpc) is 3.15. The second-order valence-corrected chi connectivity index (χ2v) is 6.60. The van der Waals surface area contributed by atoms with Gasteiger partial charge in [-0.25, -0.2) is 0 Å². The summed E-state index contributed by atoms with van der Waals surface area (Å²) in [5.74, 6) is 1.07.